The van der Waals surface area contributed by atoms with Crippen molar-refractivity contribution in [3.05, 3.63) is 99.5 Å². The third-order valence-corrected chi connectivity index (χ3v) is 6.98. The van der Waals surface area contributed by atoms with E-state index in [1.165, 1.54) is 18.3 Å². The number of rotatable bonds is 8. The standard InChI is InChI=1S/C23H21Cl2N3O3S/c1-17-6-12-21(13-7-17)32(30,31)28(15-19-4-2-3-5-22(19)25)16-23(29)27-26-14-18-8-10-20(24)11-9-18/h2-14H,15-16H2,1H3,(H,27,29). The van der Waals surface area contributed by atoms with Crippen molar-refractivity contribution in [1.29, 1.82) is 0 Å². The summed E-state index contributed by atoms with van der Waals surface area (Å²) < 4.78 is 27.6. The lowest BCUT2D eigenvalue weighted by Crippen LogP contribution is -2.39. The Bertz CT molecular complexity index is 1210. The van der Waals surface area contributed by atoms with Crippen molar-refractivity contribution in [2.24, 2.45) is 5.10 Å². The van der Waals surface area contributed by atoms with Crippen molar-refractivity contribution < 1.29 is 13.2 Å². The van der Waals surface area contributed by atoms with Crippen molar-refractivity contribution >= 4 is 45.3 Å². The molecule has 0 atom stereocenters. The van der Waals surface area contributed by atoms with E-state index in [0.717, 1.165) is 15.4 Å². The number of carbonyl (C=O) groups is 1. The van der Waals surface area contributed by atoms with E-state index in [1.54, 1.807) is 60.7 Å². The van der Waals surface area contributed by atoms with E-state index in [0.29, 0.717) is 15.6 Å². The molecule has 0 aromatic heterocycles. The predicted molar refractivity (Wildman–Crippen MR) is 127 cm³/mol. The zero-order valence-electron chi connectivity index (χ0n) is 17.2. The van der Waals surface area contributed by atoms with E-state index in [-0.39, 0.29) is 11.4 Å². The first-order valence-corrected chi connectivity index (χ1v) is 11.8. The Balaban J connectivity index is 1.80. The van der Waals surface area contributed by atoms with E-state index in [9.17, 15) is 13.2 Å². The van der Waals surface area contributed by atoms with Gasteiger partial charge in [0.15, 0.2) is 0 Å². The van der Waals surface area contributed by atoms with Crippen LogP contribution in [0.25, 0.3) is 0 Å². The lowest BCUT2D eigenvalue weighted by Gasteiger charge is -2.22. The Kier molecular flexibility index (Phi) is 8.04. The van der Waals surface area contributed by atoms with Gasteiger partial charge in [-0.2, -0.15) is 9.41 Å². The first-order valence-electron chi connectivity index (χ1n) is 9.63. The fraction of sp³-hybridized carbons (Fsp3) is 0.130. The van der Waals surface area contributed by atoms with Crippen LogP contribution in [0.4, 0.5) is 0 Å². The van der Waals surface area contributed by atoms with Gasteiger partial charge in [0.2, 0.25) is 10.0 Å². The summed E-state index contributed by atoms with van der Waals surface area (Å²) in [5.74, 6) is -0.585. The lowest BCUT2D eigenvalue weighted by molar-refractivity contribution is -0.121. The molecule has 32 heavy (non-hydrogen) atoms. The van der Waals surface area contributed by atoms with Crippen LogP contribution in [0, 0.1) is 6.92 Å². The summed E-state index contributed by atoms with van der Waals surface area (Å²) in [7, 11) is -3.96. The maximum atomic E-state index is 13.3. The monoisotopic (exact) mass is 489 g/mol. The number of hydrogen-bond donors (Lipinski definition) is 1. The van der Waals surface area contributed by atoms with Crippen LogP contribution in [0.2, 0.25) is 10.0 Å². The highest BCUT2D eigenvalue weighted by Crippen LogP contribution is 2.22. The van der Waals surface area contributed by atoms with E-state index >= 15 is 0 Å². The predicted octanol–water partition coefficient (Wildman–Crippen LogP) is 4.64. The van der Waals surface area contributed by atoms with Crippen molar-refractivity contribution in [3.63, 3.8) is 0 Å². The Labute approximate surface area is 197 Å². The summed E-state index contributed by atoms with van der Waals surface area (Å²) in [6.07, 6.45) is 1.45. The Morgan fingerprint density at radius 1 is 1.00 bits per heavy atom. The van der Waals surface area contributed by atoms with Crippen molar-refractivity contribution in [3.8, 4) is 0 Å². The Morgan fingerprint density at radius 2 is 1.66 bits per heavy atom. The number of hydrogen-bond acceptors (Lipinski definition) is 4. The molecule has 3 aromatic carbocycles. The molecule has 0 saturated carbocycles. The summed E-state index contributed by atoms with van der Waals surface area (Å²) in [6, 6.07) is 20.2. The molecule has 0 radical (unpaired) electrons. The van der Waals surface area contributed by atoms with Crippen molar-refractivity contribution in [1.82, 2.24) is 9.73 Å². The molecule has 6 nitrogen and oxygen atoms in total. The molecule has 0 aliphatic rings. The molecule has 3 aromatic rings. The number of halogens is 2. The lowest BCUT2D eigenvalue weighted by atomic mass is 10.2. The molecule has 9 heteroatoms. The highest BCUT2D eigenvalue weighted by atomic mass is 35.5. The van der Waals surface area contributed by atoms with Crippen LogP contribution in [0.5, 0.6) is 0 Å². The van der Waals surface area contributed by atoms with Crippen LogP contribution in [0.3, 0.4) is 0 Å². The summed E-state index contributed by atoms with van der Waals surface area (Å²) >= 11 is 12.1. The second-order valence-electron chi connectivity index (χ2n) is 7.02. The first kappa shape index (κ1) is 23.9. The van der Waals surface area contributed by atoms with Gasteiger partial charge in [-0.3, -0.25) is 4.79 Å². The van der Waals surface area contributed by atoms with Gasteiger partial charge in [-0.15, -0.1) is 0 Å². The Hall–Kier alpha value is -2.71. The summed E-state index contributed by atoms with van der Waals surface area (Å²) in [4.78, 5) is 12.6. The minimum atomic E-state index is -3.96. The fourth-order valence-corrected chi connectivity index (χ4v) is 4.52. The number of nitrogens with zero attached hydrogens (tertiary/aromatic N) is 2. The van der Waals surface area contributed by atoms with Crippen LogP contribution in [0.15, 0.2) is 82.8 Å². The molecule has 1 amide bonds. The van der Waals surface area contributed by atoms with E-state index < -0.39 is 22.5 Å². The fourth-order valence-electron chi connectivity index (χ4n) is 2.82. The molecule has 166 valence electrons. The van der Waals surface area contributed by atoms with Gasteiger partial charge in [0.25, 0.3) is 5.91 Å². The van der Waals surface area contributed by atoms with Gasteiger partial charge < -0.3 is 0 Å². The zero-order valence-corrected chi connectivity index (χ0v) is 19.5. The average Bonchev–Trinajstić information content (AvgIpc) is 2.76. The van der Waals surface area contributed by atoms with Gasteiger partial charge in [-0.1, -0.05) is 71.2 Å². The molecule has 0 spiro atoms. The molecule has 0 aliphatic carbocycles. The number of carbonyl (C=O) groups excluding carboxylic acids is 1. The quantitative estimate of drug-likeness (QED) is 0.369. The molecule has 0 unspecified atom stereocenters. The maximum Gasteiger partial charge on any atom is 0.255 e. The van der Waals surface area contributed by atoms with Gasteiger partial charge in [-0.25, -0.2) is 13.8 Å². The number of benzene rings is 3. The van der Waals surface area contributed by atoms with Crippen LogP contribution in [-0.2, 0) is 21.4 Å². The van der Waals surface area contributed by atoms with Gasteiger partial charge >= 0.3 is 0 Å². The molecule has 1 N–H and O–H groups in total. The van der Waals surface area contributed by atoms with E-state index in [1.807, 2.05) is 6.92 Å². The Morgan fingerprint density at radius 3 is 2.31 bits per heavy atom. The van der Waals surface area contributed by atoms with E-state index in [2.05, 4.69) is 10.5 Å². The van der Waals surface area contributed by atoms with Gasteiger partial charge in [0, 0.05) is 16.6 Å². The molecule has 0 aliphatic heterocycles. The largest absolute Gasteiger partial charge is 0.272 e. The zero-order chi connectivity index (χ0) is 23.1. The number of aryl methyl sites for hydroxylation is 1. The number of hydrazone groups is 1. The topological polar surface area (TPSA) is 78.8 Å². The minimum absolute atomic E-state index is 0.0653. The molecule has 0 saturated heterocycles. The summed E-state index contributed by atoms with van der Waals surface area (Å²) in [5, 5.41) is 4.90. The smallest absolute Gasteiger partial charge is 0.255 e. The first-order chi connectivity index (χ1) is 15.3. The SMILES string of the molecule is Cc1ccc(S(=O)(=O)N(CC(=O)NN=Cc2ccc(Cl)cc2)Cc2ccccc2Cl)cc1. The van der Waals surface area contributed by atoms with Crippen molar-refractivity contribution in [2.75, 3.05) is 6.54 Å². The number of amides is 1. The second kappa shape index (κ2) is 10.7. The van der Waals surface area contributed by atoms with Gasteiger partial charge in [0.1, 0.15) is 0 Å². The van der Waals surface area contributed by atoms with Crippen LogP contribution >= 0.6 is 23.2 Å². The molecular formula is C23H21Cl2N3O3S. The number of sulfonamides is 1. The summed E-state index contributed by atoms with van der Waals surface area (Å²) in [6.45, 7) is 1.37. The maximum absolute atomic E-state index is 13.3. The normalized spacial score (nSPS) is 11.8. The minimum Gasteiger partial charge on any atom is -0.272 e. The molecule has 0 heterocycles. The average molecular weight is 490 g/mol. The molecule has 0 bridgehead atoms. The highest BCUT2D eigenvalue weighted by Gasteiger charge is 2.27. The number of nitrogens with one attached hydrogen (secondary N) is 1. The highest BCUT2D eigenvalue weighted by molar-refractivity contribution is 7.89. The van der Waals surface area contributed by atoms with Crippen LogP contribution in [0.1, 0.15) is 16.7 Å². The molecule has 3 rings (SSSR count). The second-order valence-corrected chi connectivity index (χ2v) is 9.80. The van der Waals surface area contributed by atoms with Crippen molar-refractivity contribution in [2.45, 2.75) is 18.4 Å². The van der Waals surface area contributed by atoms with Gasteiger partial charge in [0.05, 0.1) is 17.7 Å². The van der Waals surface area contributed by atoms with E-state index in [4.69, 9.17) is 23.2 Å². The van der Waals surface area contributed by atoms with Crippen LogP contribution in [-0.4, -0.2) is 31.4 Å². The third kappa shape index (κ3) is 6.40. The van der Waals surface area contributed by atoms with Crippen LogP contribution < -0.4 is 5.43 Å². The molecule has 0 fully saturated rings. The summed E-state index contributed by atoms with van der Waals surface area (Å²) in [5.41, 5.74) is 4.61. The third-order valence-electron chi connectivity index (χ3n) is 4.56. The molecular weight excluding hydrogens is 469 g/mol. The van der Waals surface area contributed by atoms with Gasteiger partial charge in [-0.05, 0) is 48.4 Å².